The number of rotatable bonds is 5. The van der Waals surface area contributed by atoms with Gasteiger partial charge < -0.3 is 14.2 Å². The van der Waals surface area contributed by atoms with E-state index in [0.29, 0.717) is 0 Å². The van der Waals surface area contributed by atoms with Crippen LogP contribution in [0.5, 0.6) is 11.5 Å². The lowest BCUT2D eigenvalue weighted by atomic mass is 10.1. The minimum Gasteiger partial charge on any atom is -0.467 e. The summed E-state index contributed by atoms with van der Waals surface area (Å²) in [6, 6.07) is 11.0. The molecule has 0 N–H and O–H groups in total. The van der Waals surface area contributed by atoms with Gasteiger partial charge in [-0.3, -0.25) is 0 Å². The summed E-state index contributed by atoms with van der Waals surface area (Å²) >= 11 is 0. The van der Waals surface area contributed by atoms with Crippen molar-refractivity contribution in [3.05, 3.63) is 59.7 Å². The van der Waals surface area contributed by atoms with Gasteiger partial charge in [-0.1, -0.05) is 18.2 Å². The Morgan fingerprint density at radius 2 is 1.78 bits per heavy atom. The Balaban J connectivity index is 2.27. The average Bonchev–Trinajstić information content (AvgIpc) is 2.52. The minimum atomic E-state index is -4.61. The molecule has 0 atom stereocenters. The number of benzene rings is 2. The number of carbonyl (C=O) groups is 1. The lowest BCUT2D eigenvalue weighted by Gasteiger charge is -2.14. The van der Waals surface area contributed by atoms with Crippen molar-refractivity contribution in [1.82, 2.24) is 0 Å². The fourth-order valence-electron chi connectivity index (χ4n) is 1.78. The van der Waals surface area contributed by atoms with Crippen LogP contribution < -0.4 is 9.47 Å². The molecule has 7 heteroatoms. The molecule has 0 bridgehead atoms. The first-order valence-corrected chi connectivity index (χ1v) is 6.52. The topological polar surface area (TPSA) is 44.8 Å². The van der Waals surface area contributed by atoms with E-state index in [1.807, 2.05) is 0 Å². The first-order chi connectivity index (χ1) is 10.9. The smallest absolute Gasteiger partial charge is 0.419 e. The molecular formula is C16H13F3O4. The second kappa shape index (κ2) is 7.15. The zero-order valence-electron chi connectivity index (χ0n) is 12.1. The molecule has 4 nitrogen and oxygen atoms in total. The van der Waals surface area contributed by atoms with Crippen LogP contribution >= 0.6 is 0 Å². The molecule has 0 saturated heterocycles. The molecule has 0 radical (unpaired) electrons. The molecular weight excluding hydrogens is 313 g/mol. The summed E-state index contributed by atoms with van der Waals surface area (Å²) in [7, 11) is 1.28. The summed E-state index contributed by atoms with van der Waals surface area (Å²) in [6.45, 7) is -0.375. The van der Waals surface area contributed by atoms with Gasteiger partial charge in [-0.2, -0.15) is 13.2 Å². The van der Waals surface area contributed by atoms with Crippen molar-refractivity contribution in [1.29, 1.82) is 0 Å². The van der Waals surface area contributed by atoms with Gasteiger partial charge in [0.1, 0.15) is 11.5 Å². The molecule has 0 fully saturated rings. The highest BCUT2D eigenvalue weighted by atomic mass is 19.4. The van der Waals surface area contributed by atoms with E-state index in [0.717, 1.165) is 18.2 Å². The number of carbonyl (C=O) groups excluding carboxylic acids is 1. The lowest BCUT2D eigenvalue weighted by Crippen LogP contribution is -2.13. The Bertz CT molecular complexity index is 669. The molecule has 0 aliphatic heterocycles. The van der Waals surface area contributed by atoms with E-state index in [4.69, 9.17) is 9.47 Å². The second-order valence-electron chi connectivity index (χ2n) is 4.46. The van der Waals surface area contributed by atoms with Crippen LogP contribution in [0.1, 0.15) is 15.9 Å². The van der Waals surface area contributed by atoms with E-state index in [9.17, 15) is 18.0 Å². The second-order valence-corrected chi connectivity index (χ2v) is 4.46. The van der Waals surface area contributed by atoms with Gasteiger partial charge in [0.25, 0.3) is 0 Å². The zero-order valence-corrected chi connectivity index (χ0v) is 12.1. The number of alkyl halides is 3. The predicted octanol–water partition coefficient (Wildman–Crippen LogP) is 3.91. The van der Waals surface area contributed by atoms with E-state index in [-0.39, 0.29) is 18.1 Å². The molecule has 2 aromatic rings. The van der Waals surface area contributed by atoms with Gasteiger partial charge in [0.2, 0.25) is 0 Å². The highest BCUT2D eigenvalue weighted by Crippen LogP contribution is 2.36. The number of methoxy groups -OCH3 is 1. The molecule has 0 saturated carbocycles. The number of ether oxygens (including phenoxy) is 3. The summed E-state index contributed by atoms with van der Waals surface area (Å²) in [5.41, 5.74) is -1.06. The molecule has 0 spiro atoms. The van der Waals surface area contributed by atoms with Crippen LogP contribution in [0, 0.1) is 0 Å². The summed E-state index contributed by atoms with van der Waals surface area (Å²) in [5.74, 6) is -0.995. The Labute approximate surface area is 130 Å². The van der Waals surface area contributed by atoms with Gasteiger partial charge in [-0.15, -0.1) is 0 Å². The number of halogens is 3. The largest absolute Gasteiger partial charge is 0.467 e. The SMILES string of the molecule is COCOc1cc(C(=O)Oc2ccccc2)ccc1C(F)(F)F. The first kappa shape index (κ1) is 16.8. The summed E-state index contributed by atoms with van der Waals surface area (Å²) in [6.07, 6.45) is -4.61. The molecule has 2 rings (SSSR count). The van der Waals surface area contributed by atoms with E-state index in [1.165, 1.54) is 7.11 Å². The van der Waals surface area contributed by atoms with Crippen molar-refractivity contribution in [2.45, 2.75) is 6.18 Å². The Kier molecular flexibility index (Phi) is 5.23. The maximum atomic E-state index is 12.9. The molecule has 0 aliphatic rings. The summed E-state index contributed by atoms with van der Waals surface area (Å²) in [5, 5.41) is 0. The van der Waals surface area contributed by atoms with Gasteiger partial charge in [-0.05, 0) is 30.3 Å². The Morgan fingerprint density at radius 1 is 1.09 bits per heavy atom. The van der Waals surface area contributed by atoms with Crippen LogP contribution in [0.25, 0.3) is 0 Å². The average molecular weight is 326 g/mol. The highest BCUT2D eigenvalue weighted by Gasteiger charge is 2.35. The molecule has 23 heavy (non-hydrogen) atoms. The lowest BCUT2D eigenvalue weighted by molar-refractivity contribution is -0.139. The maximum Gasteiger partial charge on any atom is 0.419 e. The normalized spacial score (nSPS) is 11.1. The molecule has 122 valence electrons. The van der Waals surface area contributed by atoms with Crippen LogP contribution in [0.2, 0.25) is 0 Å². The van der Waals surface area contributed by atoms with Crippen LogP contribution in [-0.4, -0.2) is 19.9 Å². The van der Waals surface area contributed by atoms with Crippen LogP contribution in [0.15, 0.2) is 48.5 Å². The van der Waals surface area contributed by atoms with Crippen molar-refractivity contribution < 1.29 is 32.2 Å². The Hall–Kier alpha value is -2.54. The molecule has 0 amide bonds. The molecule has 0 aromatic heterocycles. The van der Waals surface area contributed by atoms with Gasteiger partial charge in [0.15, 0.2) is 6.79 Å². The van der Waals surface area contributed by atoms with E-state index >= 15 is 0 Å². The predicted molar refractivity (Wildman–Crippen MR) is 75.3 cm³/mol. The van der Waals surface area contributed by atoms with Crippen molar-refractivity contribution in [2.24, 2.45) is 0 Å². The van der Waals surface area contributed by atoms with Crippen molar-refractivity contribution in [3.63, 3.8) is 0 Å². The fraction of sp³-hybridized carbons (Fsp3) is 0.188. The monoisotopic (exact) mass is 326 g/mol. The summed E-state index contributed by atoms with van der Waals surface area (Å²) in [4.78, 5) is 12.0. The first-order valence-electron chi connectivity index (χ1n) is 6.52. The third-order valence-corrected chi connectivity index (χ3v) is 2.81. The maximum absolute atomic E-state index is 12.9. The van der Waals surface area contributed by atoms with Crippen molar-refractivity contribution >= 4 is 5.97 Å². The molecule has 0 heterocycles. The van der Waals surface area contributed by atoms with Crippen LogP contribution in [0.4, 0.5) is 13.2 Å². The zero-order chi connectivity index (χ0) is 16.9. The van der Waals surface area contributed by atoms with Gasteiger partial charge in [-0.25, -0.2) is 4.79 Å². The van der Waals surface area contributed by atoms with Crippen LogP contribution in [0.3, 0.4) is 0 Å². The number of hydrogen-bond acceptors (Lipinski definition) is 4. The van der Waals surface area contributed by atoms with Crippen LogP contribution in [-0.2, 0) is 10.9 Å². The number of hydrogen-bond donors (Lipinski definition) is 0. The molecule has 0 aliphatic carbocycles. The molecule has 0 unspecified atom stereocenters. The van der Waals surface area contributed by atoms with E-state index < -0.39 is 23.5 Å². The third kappa shape index (κ3) is 4.46. The van der Waals surface area contributed by atoms with E-state index in [2.05, 4.69) is 4.74 Å². The van der Waals surface area contributed by atoms with E-state index in [1.54, 1.807) is 30.3 Å². The number of esters is 1. The quantitative estimate of drug-likeness (QED) is 0.475. The summed E-state index contributed by atoms with van der Waals surface area (Å²) < 4.78 is 53.3. The van der Waals surface area contributed by atoms with Gasteiger partial charge in [0, 0.05) is 7.11 Å². The Morgan fingerprint density at radius 3 is 2.39 bits per heavy atom. The minimum absolute atomic E-state index is 0.0621. The van der Waals surface area contributed by atoms with Crippen molar-refractivity contribution in [2.75, 3.05) is 13.9 Å². The highest BCUT2D eigenvalue weighted by molar-refractivity contribution is 5.91. The third-order valence-electron chi connectivity index (χ3n) is 2.81. The standard InChI is InChI=1S/C16H13F3O4/c1-21-10-22-14-9-11(7-8-13(14)16(17,18)19)15(20)23-12-5-3-2-4-6-12/h2-9H,10H2,1H3. The fourth-order valence-corrected chi connectivity index (χ4v) is 1.78. The van der Waals surface area contributed by atoms with Gasteiger partial charge in [0.05, 0.1) is 11.1 Å². The number of para-hydroxylation sites is 1. The van der Waals surface area contributed by atoms with Gasteiger partial charge >= 0.3 is 12.1 Å². The van der Waals surface area contributed by atoms with Crippen molar-refractivity contribution in [3.8, 4) is 11.5 Å². The molecule has 2 aromatic carbocycles.